The Morgan fingerprint density at radius 1 is 0.850 bits per heavy atom. The Kier molecular flexibility index (Phi) is 23.9. The van der Waals surface area contributed by atoms with E-state index in [0.29, 0.717) is 6.29 Å². The average molecular weight is 579 g/mol. The fraction of sp³-hybridized carbons (Fsp3) is 0.833. The second-order valence-corrected chi connectivity index (χ2v) is 9.93. The summed E-state index contributed by atoms with van der Waals surface area (Å²) in [6.45, 7) is 21.8. The van der Waals surface area contributed by atoms with Crippen LogP contribution >= 0.6 is 0 Å². The average Bonchev–Trinajstić information content (AvgIpc) is 2.93. The van der Waals surface area contributed by atoms with E-state index in [9.17, 15) is 15.3 Å². The Bertz CT molecular complexity index is 729. The molecule has 3 heterocycles. The molecule has 0 aromatic rings. The van der Waals surface area contributed by atoms with E-state index in [1.807, 2.05) is 20.1 Å². The van der Waals surface area contributed by atoms with E-state index < -0.39 is 11.1 Å². The number of aldehydes is 1. The zero-order valence-electron chi connectivity index (χ0n) is 24.7. The first-order chi connectivity index (χ1) is 18.5. The van der Waals surface area contributed by atoms with Crippen LogP contribution in [-0.4, -0.2) is 117 Å². The van der Waals surface area contributed by atoms with Crippen molar-refractivity contribution in [1.82, 2.24) is 10.2 Å². The minimum absolute atomic E-state index is 0. The fourth-order valence-corrected chi connectivity index (χ4v) is 3.03. The lowest BCUT2D eigenvalue weighted by Crippen LogP contribution is -2.34. The van der Waals surface area contributed by atoms with Gasteiger partial charge in [0, 0.05) is 36.7 Å². The van der Waals surface area contributed by atoms with Gasteiger partial charge in [-0.05, 0) is 47.7 Å². The van der Waals surface area contributed by atoms with Gasteiger partial charge in [0.05, 0.1) is 26.4 Å². The minimum atomic E-state index is -0.954. The van der Waals surface area contributed by atoms with Crippen LogP contribution in [0.3, 0.4) is 0 Å². The van der Waals surface area contributed by atoms with Crippen LogP contribution in [0, 0.1) is 0 Å². The first-order valence-electron chi connectivity index (χ1n) is 12.9. The van der Waals surface area contributed by atoms with Crippen molar-refractivity contribution >= 4 is 12.5 Å². The van der Waals surface area contributed by atoms with E-state index in [1.165, 1.54) is 19.4 Å². The SMILES string of the molecule is C1COCCN1.CC(C)(C=O)N=NO[O-].CC(C)(C=[N+]1CCOCC1)N=NO[O-].CC(C)=CN1CCOCC1.O. The molecule has 16 nitrogen and oxygen atoms in total. The molecule has 0 unspecified atom stereocenters. The summed E-state index contributed by atoms with van der Waals surface area (Å²) in [6, 6.07) is 0. The third kappa shape index (κ3) is 24.4. The summed E-state index contributed by atoms with van der Waals surface area (Å²) >= 11 is 0. The highest BCUT2D eigenvalue weighted by Crippen LogP contribution is 2.06. The molecule has 0 aliphatic carbocycles. The van der Waals surface area contributed by atoms with Crippen LogP contribution in [0.1, 0.15) is 41.5 Å². The lowest BCUT2D eigenvalue weighted by atomic mass is 10.1. The first-order valence-corrected chi connectivity index (χ1v) is 12.9. The highest BCUT2D eigenvalue weighted by Gasteiger charge is 2.22. The van der Waals surface area contributed by atoms with Crippen molar-refractivity contribution in [3.8, 4) is 0 Å². The third-order valence-electron chi connectivity index (χ3n) is 4.83. The van der Waals surface area contributed by atoms with Crippen molar-refractivity contribution in [1.29, 1.82) is 0 Å². The molecule has 3 aliphatic rings. The van der Waals surface area contributed by atoms with E-state index in [1.54, 1.807) is 0 Å². The molecule has 40 heavy (non-hydrogen) atoms. The second kappa shape index (κ2) is 24.2. The summed E-state index contributed by atoms with van der Waals surface area (Å²) in [5.41, 5.74) is -0.103. The second-order valence-electron chi connectivity index (χ2n) is 9.93. The maximum atomic E-state index is 10.0. The molecule has 0 saturated carbocycles. The van der Waals surface area contributed by atoms with Crippen LogP contribution in [0.15, 0.2) is 32.6 Å². The summed E-state index contributed by atoms with van der Waals surface area (Å²) in [5.74, 6) is 0. The molecule has 3 aliphatic heterocycles. The number of hydrogen-bond acceptors (Lipinski definition) is 14. The maximum absolute atomic E-state index is 10.0. The molecule has 3 saturated heterocycles. The maximum Gasteiger partial charge on any atom is 0.169 e. The van der Waals surface area contributed by atoms with Gasteiger partial charge in [-0.15, -0.1) is 10.2 Å². The van der Waals surface area contributed by atoms with E-state index in [2.05, 4.69) is 65.6 Å². The number of nitrogens with one attached hydrogen (secondary N) is 1. The van der Waals surface area contributed by atoms with Gasteiger partial charge in [0.25, 0.3) is 0 Å². The molecule has 0 atom stereocenters. The quantitative estimate of drug-likeness (QED) is 0.130. The highest BCUT2D eigenvalue weighted by atomic mass is 17.2. The number of rotatable bonds is 7. The lowest BCUT2D eigenvalue weighted by Gasteiger charge is -2.25. The van der Waals surface area contributed by atoms with E-state index in [4.69, 9.17) is 14.2 Å². The van der Waals surface area contributed by atoms with Crippen molar-refractivity contribution in [2.75, 3.05) is 78.9 Å². The number of nitrogens with zero attached hydrogens (tertiary/aromatic N) is 6. The molecule has 3 rings (SSSR count). The van der Waals surface area contributed by atoms with Gasteiger partial charge in [0.1, 0.15) is 25.0 Å². The predicted molar refractivity (Wildman–Crippen MR) is 142 cm³/mol. The summed E-state index contributed by atoms with van der Waals surface area (Å²) < 4.78 is 17.5. The van der Waals surface area contributed by atoms with E-state index in [-0.39, 0.29) is 5.48 Å². The Balaban J connectivity index is 0. The number of hydrogen-bond donors (Lipinski definition) is 1. The van der Waals surface area contributed by atoms with Gasteiger partial charge in [-0.25, -0.2) is 4.58 Å². The summed E-state index contributed by atoms with van der Waals surface area (Å²) in [6.07, 6.45) is 4.69. The topological polar surface area (TPSA) is 209 Å². The van der Waals surface area contributed by atoms with Crippen molar-refractivity contribution in [3.63, 3.8) is 0 Å². The number of ether oxygens (including phenoxy) is 3. The van der Waals surface area contributed by atoms with E-state index >= 15 is 0 Å². The van der Waals surface area contributed by atoms with Crippen LogP contribution in [0.2, 0.25) is 0 Å². The van der Waals surface area contributed by atoms with Gasteiger partial charge in [-0.2, -0.15) is 0 Å². The molecule has 0 radical (unpaired) electrons. The molecule has 0 spiro atoms. The number of carbonyl (C=O) groups is 1. The summed E-state index contributed by atoms with van der Waals surface area (Å²) in [4.78, 5) is 18.7. The summed E-state index contributed by atoms with van der Waals surface area (Å²) in [7, 11) is 0. The Morgan fingerprint density at radius 2 is 1.32 bits per heavy atom. The molecule has 0 bridgehead atoms. The van der Waals surface area contributed by atoms with Crippen LogP contribution in [0.25, 0.3) is 0 Å². The third-order valence-corrected chi connectivity index (χ3v) is 4.83. The van der Waals surface area contributed by atoms with Crippen molar-refractivity contribution < 1.29 is 49.5 Å². The molecule has 16 heteroatoms. The van der Waals surface area contributed by atoms with Crippen LogP contribution in [0.5, 0.6) is 0 Å². The van der Waals surface area contributed by atoms with E-state index in [0.717, 1.165) is 78.9 Å². The van der Waals surface area contributed by atoms with Gasteiger partial charge in [-0.1, -0.05) is 5.57 Å². The van der Waals surface area contributed by atoms with Crippen molar-refractivity contribution in [2.45, 2.75) is 52.6 Å². The highest BCUT2D eigenvalue weighted by molar-refractivity contribution is 5.64. The monoisotopic (exact) mass is 578 g/mol. The molecule has 3 N–H and O–H groups in total. The Hall–Kier alpha value is -2.60. The number of morpholine rings is 3. The standard InChI is InChI=1S/C8H15N3O3.C8H15NO.C4H8N2O3.C4H9NO.H2O/c1-8(2,9-10-14-12)7-11-3-5-13-6-4-11;1-8(2)7-9-3-5-10-6-4-9;1-4(2,3-7)5-6-9-8;1-3-6-4-2-5-1;/h7H,3-6H2,1-2H3;7H,3-6H2,1-2H3;3,8H,1-2H3;5H,1-4H2;1H2/p-1. The molecule has 0 amide bonds. The normalized spacial score (nSPS) is 17.5. The van der Waals surface area contributed by atoms with Gasteiger partial charge in [0.15, 0.2) is 24.8 Å². The molecule has 234 valence electrons. The van der Waals surface area contributed by atoms with Crippen LogP contribution in [-0.2, 0) is 29.0 Å². The van der Waals surface area contributed by atoms with Crippen LogP contribution in [0.4, 0.5) is 0 Å². The predicted octanol–water partition coefficient (Wildman–Crippen LogP) is -0.816. The number of carbonyl (C=O) groups excluding carboxylic acids is 1. The van der Waals surface area contributed by atoms with Crippen molar-refractivity contribution in [3.05, 3.63) is 11.8 Å². The first kappa shape index (κ1) is 39.5. The zero-order valence-corrected chi connectivity index (χ0v) is 24.7. The van der Waals surface area contributed by atoms with Gasteiger partial charge in [-0.3, -0.25) is 0 Å². The Labute approximate surface area is 236 Å². The fourth-order valence-electron chi connectivity index (χ4n) is 3.03. The van der Waals surface area contributed by atoms with Gasteiger partial charge >= 0.3 is 0 Å². The van der Waals surface area contributed by atoms with Gasteiger partial charge in [0.2, 0.25) is 0 Å². The molecule has 3 fully saturated rings. The largest absolute Gasteiger partial charge is 0.636 e. The molecular formula is C24H48N7O9-. The molecule has 0 aromatic carbocycles. The number of allylic oxidation sites excluding steroid dienone is 1. The Morgan fingerprint density at radius 3 is 1.73 bits per heavy atom. The van der Waals surface area contributed by atoms with Gasteiger partial charge < -0.3 is 55.2 Å². The molecular weight excluding hydrogens is 530 g/mol. The van der Waals surface area contributed by atoms with Crippen molar-refractivity contribution in [2.24, 2.45) is 20.8 Å². The zero-order chi connectivity index (χ0) is 29.4. The molecule has 0 aromatic heterocycles. The smallest absolute Gasteiger partial charge is 0.169 e. The lowest BCUT2D eigenvalue weighted by molar-refractivity contribution is -0.695. The van der Waals surface area contributed by atoms with Crippen LogP contribution < -0.4 is 15.8 Å². The summed E-state index contributed by atoms with van der Waals surface area (Å²) in [5, 5.41) is 34.6. The minimum Gasteiger partial charge on any atom is -0.636 e.